The summed E-state index contributed by atoms with van der Waals surface area (Å²) in [7, 11) is 0. The molecule has 0 radical (unpaired) electrons. The molecule has 0 amide bonds. The highest BCUT2D eigenvalue weighted by Crippen LogP contribution is 2.34. The third-order valence-electron chi connectivity index (χ3n) is 3.10. The Morgan fingerprint density at radius 1 is 1.05 bits per heavy atom. The Hall–Kier alpha value is -0.840. The molecule has 4 heteroatoms. The standard InChI is InChI=1S/C16H16Br2O2/c1-3-20-15-7-6-12(18)9-14(15)16(19)13-8-11(17)5-4-10(13)2/h4-9,16,19H,3H2,1-2H3. The van der Waals surface area contributed by atoms with Gasteiger partial charge in [0.2, 0.25) is 0 Å². The van der Waals surface area contributed by atoms with Gasteiger partial charge < -0.3 is 9.84 Å². The lowest BCUT2D eigenvalue weighted by Gasteiger charge is -2.18. The van der Waals surface area contributed by atoms with Crippen molar-refractivity contribution in [1.29, 1.82) is 0 Å². The predicted molar refractivity (Wildman–Crippen MR) is 88.3 cm³/mol. The number of hydrogen-bond donors (Lipinski definition) is 1. The average Bonchev–Trinajstić information content (AvgIpc) is 2.43. The molecule has 2 aromatic carbocycles. The van der Waals surface area contributed by atoms with Gasteiger partial charge >= 0.3 is 0 Å². The monoisotopic (exact) mass is 398 g/mol. The topological polar surface area (TPSA) is 29.5 Å². The van der Waals surface area contributed by atoms with E-state index in [0.29, 0.717) is 12.4 Å². The van der Waals surface area contributed by atoms with Gasteiger partial charge in [0.25, 0.3) is 0 Å². The molecule has 2 nitrogen and oxygen atoms in total. The number of aliphatic hydroxyl groups excluding tert-OH is 1. The van der Waals surface area contributed by atoms with E-state index < -0.39 is 6.10 Å². The van der Waals surface area contributed by atoms with Crippen LogP contribution in [0.15, 0.2) is 45.3 Å². The van der Waals surface area contributed by atoms with Crippen LogP contribution in [0.25, 0.3) is 0 Å². The number of halogens is 2. The zero-order valence-electron chi connectivity index (χ0n) is 11.4. The summed E-state index contributed by atoms with van der Waals surface area (Å²) >= 11 is 6.89. The Labute approximate surface area is 136 Å². The molecule has 2 rings (SSSR count). The van der Waals surface area contributed by atoms with Crippen LogP contribution < -0.4 is 4.74 Å². The zero-order valence-corrected chi connectivity index (χ0v) is 14.5. The highest BCUT2D eigenvalue weighted by molar-refractivity contribution is 9.10. The minimum Gasteiger partial charge on any atom is -0.493 e. The van der Waals surface area contributed by atoms with Crippen LogP contribution in [0, 0.1) is 6.92 Å². The lowest BCUT2D eigenvalue weighted by Crippen LogP contribution is -2.05. The van der Waals surface area contributed by atoms with E-state index in [1.54, 1.807) is 0 Å². The van der Waals surface area contributed by atoms with Crippen molar-refractivity contribution < 1.29 is 9.84 Å². The van der Waals surface area contributed by atoms with E-state index in [0.717, 1.165) is 25.6 Å². The van der Waals surface area contributed by atoms with Gasteiger partial charge in [0.15, 0.2) is 0 Å². The molecular weight excluding hydrogens is 384 g/mol. The maximum absolute atomic E-state index is 10.7. The Bertz CT molecular complexity index is 611. The summed E-state index contributed by atoms with van der Waals surface area (Å²) in [5.41, 5.74) is 2.68. The molecular formula is C16H16Br2O2. The van der Waals surface area contributed by atoms with Crippen molar-refractivity contribution in [2.45, 2.75) is 20.0 Å². The second-order valence-electron chi connectivity index (χ2n) is 4.52. The lowest BCUT2D eigenvalue weighted by molar-refractivity contribution is 0.211. The van der Waals surface area contributed by atoms with Crippen molar-refractivity contribution >= 4 is 31.9 Å². The number of aryl methyl sites for hydroxylation is 1. The fraction of sp³-hybridized carbons (Fsp3) is 0.250. The molecule has 106 valence electrons. The molecule has 0 aliphatic carbocycles. The van der Waals surface area contributed by atoms with E-state index in [1.807, 2.05) is 50.2 Å². The van der Waals surface area contributed by atoms with E-state index in [4.69, 9.17) is 4.74 Å². The molecule has 0 bridgehead atoms. The molecule has 0 saturated heterocycles. The Morgan fingerprint density at radius 2 is 1.65 bits per heavy atom. The first kappa shape index (κ1) is 15.5. The minimum absolute atomic E-state index is 0.568. The summed E-state index contributed by atoms with van der Waals surface area (Å²) in [5, 5.41) is 10.7. The van der Waals surface area contributed by atoms with Gasteiger partial charge in [-0.25, -0.2) is 0 Å². The van der Waals surface area contributed by atoms with Gasteiger partial charge in [-0.15, -0.1) is 0 Å². The van der Waals surface area contributed by atoms with Crippen LogP contribution in [0.4, 0.5) is 0 Å². The molecule has 1 unspecified atom stereocenters. The molecule has 0 spiro atoms. The Morgan fingerprint density at radius 3 is 2.30 bits per heavy atom. The summed E-state index contributed by atoms with van der Waals surface area (Å²) in [5.74, 6) is 0.711. The molecule has 0 aromatic heterocycles. The smallest absolute Gasteiger partial charge is 0.125 e. The van der Waals surface area contributed by atoms with E-state index in [1.165, 1.54) is 0 Å². The summed E-state index contributed by atoms with van der Waals surface area (Å²) in [6.07, 6.45) is -0.716. The molecule has 0 aliphatic heterocycles. The maximum Gasteiger partial charge on any atom is 0.125 e. The molecule has 0 fully saturated rings. The fourth-order valence-corrected chi connectivity index (χ4v) is 2.85. The Kier molecular flexibility index (Phi) is 5.24. The van der Waals surface area contributed by atoms with Crippen molar-refractivity contribution in [3.63, 3.8) is 0 Å². The molecule has 1 atom stereocenters. The predicted octanol–water partition coefficient (Wildman–Crippen LogP) is 5.00. The first-order chi connectivity index (χ1) is 9.52. The fourth-order valence-electron chi connectivity index (χ4n) is 2.09. The molecule has 0 saturated carbocycles. The van der Waals surface area contributed by atoms with E-state index in [2.05, 4.69) is 31.9 Å². The van der Waals surface area contributed by atoms with Gasteiger partial charge in [-0.2, -0.15) is 0 Å². The highest BCUT2D eigenvalue weighted by atomic mass is 79.9. The first-order valence-corrected chi connectivity index (χ1v) is 7.98. The van der Waals surface area contributed by atoms with Gasteiger partial charge in [-0.3, -0.25) is 0 Å². The molecule has 0 aliphatic rings. The van der Waals surface area contributed by atoms with Crippen LogP contribution in [0.5, 0.6) is 5.75 Å². The number of rotatable bonds is 4. The van der Waals surface area contributed by atoms with Crippen LogP contribution in [0.2, 0.25) is 0 Å². The first-order valence-electron chi connectivity index (χ1n) is 6.39. The third-order valence-corrected chi connectivity index (χ3v) is 4.09. The largest absolute Gasteiger partial charge is 0.493 e. The number of benzene rings is 2. The van der Waals surface area contributed by atoms with Gasteiger partial charge in [0.1, 0.15) is 11.9 Å². The summed E-state index contributed by atoms with van der Waals surface area (Å²) in [6, 6.07) is 11.6. The second kappa shape index (κ2) is 6.74. The van der Waals surface area contributed by atoms with Crippen molar-refractivity contribution in [3.8, 4) is 5.75 Å². The van der Waals surface area contributed by atoms with Crippen LogP contribution in [0.3, 0.4) is 0 Å². The van der Waals surface area contributed by atoms with Crippen LogP contribution in [-0.2, 0) is 0 Å². The van der Waals surface area contributed by atoms with Crippen molar-refractivity contribution in [2.75, 3.05) is 6.61 Å². The number of aliphatic hydroxyl groups is 1. The second-order valence-corrected chi connectivity index (χ2v) is 6.35. The van der Waals surface area contributed by atoms with Gasteiger partial charge in [0, 0.05) is 14.5 Å². The molecule has 1 N–H and O–H groups in total. The van der Waals surface area contributed by atoms with Crippen LogP contribution in [0.1, 0.15) is 29.7 Å². The Balaban J connectivity index is 2.49. The molecule has 20 heavy (non-hydrogen) atoms. The maximum atomic E-state index is 10.7. The number of ether oxygens (including phenoxy) is 1. The summed E-state index contributed by atoms with van der Waals surface area (Å²) < 4.78 is 7.48. The van der Waals surface area contributed by atoms with Gasteiger partial charge in [0.05, 0.1) is 6.61 Å². The van der Waals surface area contributed by atoms with Crippen molar-refractivity contribution in [1.82, 2.24) is 0 Å². The van der Waals surface area contributed by atoms with Crippen LogP contribution in [-0.4, -0.2) is 11.7 Å². The average molecular weight is 400 g/mol. The SMILES string of the molecule is CCOc1ccc(Br)cc1C(O)c1cc(Br)ccc1C. The van der Waals surface area contributed by atoms with E-state index in [9.17, 15) is 5.11 Å². The van der Waals surface area contributed by atoms with Crippen LogP contribution >= 0.6 is 31.9 Å². The zero-order chi connectivity index (χ0) is 14.7. The minimum atomic E-state index is -0.716. The van der Waals surface area contributed by atoms with Crippen molar-refractivity contribution in [3.05, 3.63) is 62.0 Å². The summed E-state index contributed by atoms with van der Waals surface area (Å²) in [4.78, 5) is 0. The van der Waals surface area contributed by atoms with Crippen molar-refractivity contribution in [2.24, 2.45) is 0 Å². The number of hydrogen-bond acceptors (Lipinski definition) is 2. The quantitative estimate of drug-likeness (QED) is 0.783. The van der Waals surface area contributed by atoms with E-state index >= 15 is 0 Å². The van der Waals surface area contributed by atoms with Gasteiger partial charge in [-0.1, -0.05) is 37.9 Å². The molecule has 2 aromatic rings. The van der Waals surface area contributed by atoms with E-state index in [-0.39, 0.29) is 0 Å². The molecule has 0 heterocycles. The highest BCUT2D eigenvalue weighted by Gasteiger charge is 2.18. The lowest BCUT2D eigenvalue weighted by atomic mass is 9.97. The normalized spacial score (nSPS) is 12.2. The third kappa shape index (κ3) is 3.43. The van der Waals surface area contributed by atoms with Gasteiger partial charge in [-0.05, 0) is 55.3 Å². The summed E-state index contributed by atoms with van der Waals surface area (Å²) in [6.45, 7) is 4.49.